The van der Waals surface area contributed by atoms with Crippen LogP contribution in [-0.2, 0) is 6.18 Å². The number of alkyl halides is 3. The molecule has 1 atom stereocenters. The highest BCUT2D eigenvalue weighted by Crippen LogP contribution is 2.32. The first-order chi connectivity index (χ1) is 9.90. The smallest absolute Gasteiger partial charge is 0.396 e. The third-order valence-electron chi connectivity index (χ3n) is 3.20. The van der Waals surface area contributed by atoms with Crippen LogP contribution in [0.15, 0.2) is 12.1 Å². The van der Waals surface area contributed by atoms with Gasteiger partial charge in [0.2, 0.25) is 0 Å². The van der Waals surface area contributed by atoms with Crippen LogP contribution < -0.4 is 10.6 Å². The van der Waals surface area contributed by atoms with Crippen LogP contribution in [0.2, 0.25) is 0 Å². The maximum absolute atomic E-state index is 12.9. The molecule has 4 nitrogen and oxygen atoms in total. The van der Waals surface area contributed by atoms with E-state index < -0.39 is 11.7 Å². The minimum absolute atomic E-state index is 0.0683. The summed E-state index contributed by atoms with van der Waals surface area (Å²) in [4.78, 5) is 4.12. The fraction of sp³-hybridized carbons (Fsp3) is 0.643. The molecule has 1 heterocycles. The van der Waals surface area contributed by atoms with Crippen molar-refractivity contribution in [3.8, 4) is 0 Å². The Bertz CT molecular complexity index is 438. The molecule has 0 bridgehead atoms. The van der Waals surface area contributed by atoms with Gasteiger partial charge in [-0.2, -0.15) is 13.2 Å². The van der Waals surface area contributed by atoms with Crippen LogP contribution in [0.5, 0.6) is 0 Å². The van der Waals surface area contributed by atoms with Crippen LogP contribution in [0.4, 0.5) is 24.8 Å². The van der Waals surface area contributed by atoms with E-state index in [9.17, 15) is 13.2 Å². The molecule has 1 unspecified atom stereocenters. The summed E-state index contributed by atoms with van der Waals surface area (Å²) in [5.74, 6) is 0.594. The fourth-order valence-corrected chi connectivity index (χ4v) is 1.94. The lowest BCUT2D eigenvalue weighted by atomic mass is 10.0. The summed E-state index contributed by atoms with van der Waals surface area (Å²) in [5.41, 5.74) is -0.730. The lowest BCUT2D eigenvalue weighted by Gasteiger charge is -2.17. The van der Waals surface area contributed by atoms with Crippen LogP contribution in [0.25, 0.3) is 0 Å². The number of nitrogens with one attached hydrogen (secondary N) is 2. The van der Waals surface area contributed by atoms with Gasteiger partial charge in [-0.15, -0.1) is 0 Å². The summed E-state index contributed by atoms with van der Waals surface area (Å²) >= 11 is 0. The minimum Gasteiger partial charge on any atom is -0.396 e. The van der Waals surface area contributed by atoms with E-state index in [-0.39, 0.29) is 24.2 Å². The van der Waals surface area contributed by atoms with Gasteiger partial charge in [-0.05, 0) is 31.4 Å². The highest BCUT2D eigenvalue weighted by Gasteiger charge is 2.31. The Morgan fingerprint density at radius 1 is 1.19 bits per heavy atom. The van der Waals surface area contributed by atoms with Crippen molar-refractivity contribution in [1.82, 2.24) is 4.98 Å². The first-order valence-corrected chi connectivity index (χ1v) is 7.08. The summed E-state index contributed by atoms with van der Waals surface area (Å²) < 4.78 is 38.6. The molecule has 0 radical (unpaired) electrons. The molecule has 0 saturated carbocycles. The van der Waals surface area contributed by atoms with Crippen molar-refractivity contribution < 1.29 is 18.3 Å². The molecule has 7 heteroatoms. The zero-order valence-electron chi connectivity index (χ0n) is 12.3. The first kappa shape index (κ1) is 17.6. The summed E-state index contributed by atoms with van der Waals surface area (Å²) in [6.45, 7) is 4.82. The number of pyridine rings is 1. The van der Waals surface area contributed by atoms with Crippen molar-refractivity contribution in [3.63, 3.8) is 0 Å². The minimum atomic E-state index is -4.40. The van der Waals surface area contributed by atoms with Gasteiger partial charge in [-0.25, -0.2) is 4.98 Å². The number of rotatable bonds is 8. The Balaban J connectivity index is 2.87. The summed E-state index contributed by atoms with van der Waals surface area (Å²) in [5, 5.41) is 14.7. The van der Waals surface area contributed by atoms with Crippen LogP contribution in [0, 0.1) is 5.92 Å². The molecule has 1 aromatic heterocycles. The molecule has 0 aromatic carbocycles. The number of halogens is 3. The van der Waals surface area contributed by atoms with Crippen molar-refractivity contribution in [2.45, 2.75) is 32.9 Å². The number of aliphatic hydroxyl groups excluding tert-OH is 1. The molecule has 0 spiro atoms. The van der Waals surface area contributed by atoms with Gasteiger partial charge in [-0.3, -0.25) is 0 Å². The van der Waals surface area contributed by atoms with Crippen LogP contribution >= 0.6 is 0 Å². The number of anilines is 2. The maximum Gasteiger partial charge on any atom is 0.416 e. The average Bonchev–Trinajstić information content (AvgIpc) is 2.42. The summed E-state index contributed by atoms with van der Waals surface area (Å²) in [6.07, 6.45) is -2.95. The van der Waals surface area contributed by atoms with Crippen molar-refractivity contribution >= 4 is 11.6 Å². The molecule has 3 N–H and O–H groups in total. The second-order valence-corrected chi connectivity index (χ2v) is 4.82. The Kier molecular flexibility index (Phi) is 6.74. The van der Waals surface area contributed by atoms with Crippen molar-refractivity contribution in [2.75, 3.05) is 30.3 Å². The quantitative estimate of drug-likeness (QED) is 0.689. The third kappa shape index (κ3) is 5.79. The van der Waals surface area contributed by atoms with E-state index in [1.165, 1.54) is 0 Å². The molecule has 0 amide bonds. The monoisotopic (exact) mass is 305 g/mol. The second kappa shape index (κ2) is 8.07. The van der Waals surface area contributed by atoms with E-state index in [1.807, 2.05) is 6.92 Å². The van der Waals surface area contributed by atoms with E-state index in [0.717, 1.165) is 18.6 Å². The molecule has 0 aliphatic rings. The Morgan fingerprint density at radius 3 is 2.29 bits per heavy atom. The van der Waals surface area contributed by atoms with Gasteiger partial charge in [0.25, 0.3) is 0 Å². The molecule has 0 saturated heterocycles. The predicted molar refractivity (Wildman–Crippen MR) is 77.4 cm³/mol. The third-order valence-corrected chi connectivity index (χ3v) is 3.20. The van der Waals surface area contributed by atoms with Crippen LogP contribution in [0.1, 0.15) is 32.3 Å². The second-order valence-electron chi connectivity index (χ2n) is 4.82. The highest BCUT2D eigenvalue weighted by atomic mass is 19.4. The zero-order chi connectivity index (χ0) is 15.9. The van der Waals surface area contributed by atoms with E-state index in [4.69, 9.17) is 5.11 Å². The predicted octanol–water partition coefficient (Wildman–Crippen LogP) is 3.35. The molecule has 120 valence electrons. The van der Waals surface area contributed by atoms with Gasteiger partial charge >= 0.3 is 6.18 Å². The number of hydrogen-bond donors (Lipinski definition) is 3. The average molecular weight is 305 g/mol. The fourth-order valence-electron chi connectivity index (χ4n) is 1.94. The Labute approximate surface area is 122 Å². The number of aromatic nitrogens is 1. The molecular weight excluding hydrogens is 283 g/mol. The van der Waals surface area contributed by atoms with Crippen molar-refractivity contribution in [3.05, 3.63) is 17.7 Å². The van der Waals surface area contributed by atoms with Gasteiger partial charge in [0.05, 0.1) is 5.56 Å². The molecular formula is C14H22F3N3O. The number of nitrogens with zero attached hydrogens (tertiary/aromatic N) is 1. The highest BCUT2D eigenvalue weighted by molar-refractivity contribution is 5.49. The summed E-state index contributed by atoms with van der Waals surface area (Å²) in [7, 11) is 0. The molecule has 0 aliphatic carbocycles. The zero-order valence-corrected chi connectivity index (χ0v) is 12.3. The Hall–Kier alpha value is -1.50. The first-order valence-electron chi connectivity index (χ1n) is 7.08. The van der Waals surface area contributed by atoms with E-state index in [0.29, 0.717) is 19.5 Å². The van der Waals surface area contributed by atoms with Crippen LogP contribution in [-0.4, -0.2) is 29.8 Å². The lowest BCUT2D eigenvalue weighted by Crippen LogP contribution is -2.17. The van der Waals surface area contributed by atoms with E-state index in [2.05, 4.69) is 15.6 Å². The van der Waals surface area contributed by atoms with E-state index >= 15 is 0 Å². The van der Waals surface area contributed by atoms with Gasteiger partial charge in [0.15, 0.2) is 0 Å². The van der Waals surface area contributed by atoms with Gasteiger partial charge < -0.3 is 15.7 Å². The SMILES string of the molecule is CCNc1cc(C(F)(F)F)cc(NCC(CC)CCO)n1. The Morgan fingerprint density at radius 2 is 1.81 bits per heavy atom. The topological polar surface area (TPSA) is 57.2 Å². The molecule has 1 aromatic rings. The van der Waals surface area contributed by atoms with E-state index in [1.54, 1.807) is 6.92 Å². The molecule has 0 fully saturated rings. The van der Waals surface area contributed by atoms with Gasteiger partial charge in [0, 0.05) is 19.7 Å². The molecule has 0 aliphatic heterocycles. The number of hydrogen-bond acceptors (Lipinski definition) is 4. The largest absolute Gasteiger partial charge is 0.416 e. The normalized spacial score (nSPS) is 13.0. The molecule has 1 rings (SSSR count). The summed E-state index contributed by atoms with van der Waals surface area (Å²) in [6, 6.07) is 2.01. The van der Waals surface area contributed by atoms with Gasteiger partial charge in [-0.1, -0.05) is 13.3 Å². The van der Waals surface area contributed by atoms with Crippen LogP contribution in [0.3, 0.4) is 0 Å². The number of aliphatic hydroxyl groups is 1. The van der Waals surface area contributed by atoms with Crippen molar-refractivity contribution in [2.24, 2.45) is 5.92 Å². The molecule has 21 heavy (non-hydrogen) atoms. The van der Waals surface area contributed by atoms with Crippen molar-refractivity contribution in [1.29, 1.82) is 0 Å². The standard InChI is InChI=1S/C14H22F3N3O/c1-3-10(5-6-21)9-19-13-8-11(14(15,16)17)7-12(20-13)18-4-2/h7-8,10,21H,3-6,9H2,1-2H3,(H2,18,19,20). The maximum atomic E-state index is 12.9. The lowest BCUT2D eigenvalue weighted by molar-refractivity contribution is -0.137. The van der Waals surface area contributed by atoms with Gasteiger partial charge in [0.1, 0.15) is 11.6 Å².